The van der Waals surface area contributed by atoms with Crippen LogP contribution in [-0.2, 0) is 22.7 Å². The van der Waals surface area contributed by atoms with Crippen LogP contribution >= 0.6 is 0 Å². The van der Waals surface area contributed by atoms with Crippen molar-refractivity contribution in [2.75, 3.05) is 13.6 Å². The normalized spacial score (nSPS) is 13.7. The van der Waals surface area contributed by atoms with Gasteiger partial charge >= 0.3 is 0 Å². The van der Waals surface area contributed by atoms with Crippen molar-refractivity contribution in [3.05, 3.63) is 41.7 Å². The number of hydrogen-bond acceptors (Lipinski definition) is 4. The highest BCUT2D eigenvalue weighted by molar-refractivity contribution is 5.82. The topological polar surface area (TPSA) is 88.1 Å². The van der Waals surface area contributed by atoms with Crippen molar-refractivity contribution in [2.24, 2.45) is 0 Å². The van der Waals surface area contributed by atoms with Gasteiger partial charge in [0.05, 0.1) is 11.4 Å². The van der Waals surface area contributed by atoms with E-state index in [2.05, 4.69) is 56.7 Å². The molecule has 0 saturated heterocycles. The lowest BCUT2D eigenvalue weighted by Crippen LogP contribution is -2.39. The lowest BCUT2D eigenvalue weighted by molar-refractivity contribution is -0.124. The molecule has 0 aliphatic carbocycles. The summed E-state index contributed by atoms with van der Waals surface area (Å²) in [5, 5.41) is 8.08. The summed E-state index contributed by atoms with van der Waals surface area (Å²) in [5.74, 6) is 0.914. The lowest BCUT2D eigenvalue weighted by Gasteiger charge is -2.18. The predicted molar refractivity (Wildman–Crippen MR) is 96.8 cm³/mol. The van der Waals surface area contributed by atoms with E-state index in [0.717, 1.165) is 31.2 Å². The number of imidazole rings is 1. The highest BCUT2D eigenvalue weighted by Gasteiger charge is 2.17. The van der Waals surface area contributed by atoms with Crippen molar-refractivity contribution in [3.8, 4) is 11.4 Å². The Kier molecular flexibility index (Phi) is 6.71. The summed E-state index contributed by atoms with van der Waals surface area (Å²) in [7, 11) is 1.52. The molecule has 1 aliphatic heterocycles. The average Bonchev–Trinajstić information content (AvgIpc) is 3.00. The van der Waals surface area contributed by atoms with E-state index in [1.54, 1.807) is 6.92 Å². The van der Waals surface area contributed by atoms with Gasteiger partial charge in [-0.3, -0.25) is 9.59 Å². The molecular weight excluding hydrogens is 318 g/mol. The van der Waals surface area contributed by atoms with Crippen molar-refractivity contribution in [3.63, 3.8) is 0 Å². The van der Waals surface area contributed by atoms with Crippen LogP contribution in [0.4, 0.5) is 0 Å². The Bertz CT molecular complexity index is 712. The molecule has 1 aliphatic rings. The van der Waals surface area contributed by atoms with E-state index in [4.69, 9.17) is 0 Å². The molecule has 0 radical (unpaired) electrons. The van der Waals surface area contributed by atoms with Gasteiger partial charge in [-0.25, -0.2) is 4.98 Å². The fourth-order valence-corrected chi connectivity index (χ4v) is 2.67. The molecule has 0 bridgehead atoms. The van der Waals surface area contributed by atoms with Crippen LogP contribution < -0.4 is 16.0 Å². The van der Waals surface area contributed by atoms with Crippen LogP contribution in [0.25, 0.3) is 11.4 Å². The molecule has 1 aromatic heterocycles. The number of rotatable bonds is 4. The van der Waals surface area contributed by atoms with E-state index in [9.17, 15) is 9.59 Å². The zero-order valence-electron chi connectivity index (χ0n) is 14.9. The third-order valence-electron chi connectivity index (χ3n) is 4.07. The SMILES string of the molecule is CNC(=O)C(C)NC=O.Cc1nc(-c2ccccc2)n2c1CNCC2. The number of hydrogen-bond donors (Lipinski definition) is 3. The fraction of sp³-hybridized carbons (Fsp3) is 0.389. The second-order valence-corrected chi connectivity index (χ2v) is 5.78. The number of aromatic nitrogens is 2. The maximum Gasteiger partial charge on any atom is 0.242 e. The largest absolute Gasteiger partial charge is 0.357 e. The number of carbonyl (C=O) groups is 2. The zero-order valence-corrected chi connectivity index (χ0v) is 14.9. The molecule has 0 saturated carbocycles. The summed E-state index contributed by atoms with van der Waals surface area (Å²) in [4.78, 5) is 25.0. The Morgan fingerprint density at radius 2 is 2.08 bits per heavy atom. The summed E-state index contributed by atoms with van der Waals surface area (Å²) in [5.41, 5.74) is 3.68. The van der Waals surface area contributed by atoms with Gasteiger partial charge in [-0.2, -0.15) is 0 Å². The number of nitrogens with one attached hydrogen (secondary N) is 3. The summed E-state index contributed by atoms with van der Waals surface area (Å²) >= 11 is 0. The van der Waals surface area contributed by atoms with E-state index in [1.807, 2.05) is 6.07 Å². The second kappa shape index (κ2) is 8.98. The Balaban J connectivity index is 0.000000217. The first kappa shape index (κ1) is 18.7. The van der Waals surface area contributed by atoms with Crippen LogP contribution in [0.1, 0.15) is 18.3 Å². The Morgan fingerprint density at radius 1 is 1.36 bits per heavy atom. The average molecular weight is 343 g/mol. The maximum atomic E-state index is 10.6. The highest BCUT2D eigenvalue weighted by Crippen LogP contribution is 2.23. The van der Waals surface area contributed by atoms with Crippen molar-refractivity contribution in [1.29, 1.82) is 0 Å². The van der Waals surface area contributed by atoms with E-state index in [1.165, 1.54) is 18.3 Å². The minimum absolute atomic E-state index is 0.192. The predicted octanol–water partition coefficient (Wildman–Crippen LogP) is 0.829. The quantitative estimate of drug-likeness (QED) is 0.718. The summed E-state index contributed by atoms with van der Waals surface area (Å²) in [6.07, 6.45) is 0.500. The van der Waals surface area contributed by atoms with Crippen LogP contribution in [0.5, 0.6) is 0 Å². The molecular formula is C18H25N5O2. The van der Waals surface area contributed by atoms with Crippen molar-refractivity contribution in [2.45, 2.75) is 33.0 Å². The summed E-state index contributed by atoms with van der Waals surface area (Å²) in [6, 6.07) is 9.97. The number of fused-ring (bicyclic) bond motifs is 1. The molecule has 7 nitrogen and oxygen atoms in total. The van der Waals surface area contributed by atoms with Crippen LogP contribution in [0.2, 0.25) is 0 Å². The highest BCUT2D eigenvalue weighted by atomic mass is 16.2. The Morgan fingerprint density at radius 3 is 2.72 bits per heavy atom. The van der Waals surface area contributed by atoms with Crippen LogP contribution in [-0.4, -0.2) is 41.5 Å². The van der Waals surface area contributed by atoms with Gasteiger partial charge in [0.15, 0.2) is 0 Å². The first-order chi connectivity index (χ1) is 12.1. The molecule has 7 heteroatoms. The molecule has 2 aromatic rings. The van der Waals surface area contributed by atoms with Crippen LogP contribution in [0.15, 0.2) is 30.3 Å². The van der Waals surface area contributed by atoms with Crippen molar-refractivity contribution < 1.29 is 9.59 Å². The van der Waals surface area contributed by atoms with Gasteiger partial charge in [-0.1, -0.05) is 30.3 Å². The van der Waals surface area contributed by atoms with Gasteiger partial charge in [0.25, 0.3) is 0 Å². The molecule has 2 heterocycles. The van der Waals surface area contributed by atoms with Gasteiger partial charge in [-0.15, -0.1) is 0 Å². The number of aryl methyl sites for hydroxylation is 1. The number of likely N-dealkylation sites (N-methyl/N-ethyl adjacent to an activating group) is 1. The Hall–Kier alpha value is -2.67. The summed E-state index contributed by atoms with van der Waals surface area (Å²) < 4.78 is 2.33. The third-order valence-corrected chi connectivity index (χ3v) is 4.07. The first-order valence-corrected chi connectivity index (χ1v) is 8.32. The van der Waals surface area contributed by atoms with E-state index in [-0.39, 0.29) is 5.91 Å². The van der Waals surface area contributed by atoms with Crippen LogP contribution in [0, 0.1) is 6.92 Å². The molecule has 3 N–H and O–H groups in total. The molecule has 1 atom stereocenters. The fourth-order valence-electron chi connectivity index (χ4n) is 2.67. The molecule has 25 heavy (non-hydrogen) atoms. The zero-order chi connectivity index (χ0) is 18.2. The molecule has 134 valence electrons. The minimum atomic E-state index is -0.438. The third kappa shape index (κ3) is 4.67. The number of carbonyl (C=O) groups excluding carboxylic acids is 2. The summed E-state index contributed by atoms with van der Waals surface area (Å²) in [6.45, 7) is 6.67. The van der Waals surface area contributed by atoms with Gasteiger partial charge in [0, 0.05) is 32.2 Å². The van der Waals surface area contributed by atoms with Gasteiger partial charge < -0.3 is 20.5 Å². The number of nitrogens with zero attached hydrogens (tertiary/aromatic N) is 2. The molecule has 2 amide bonds. The van der Waals surface area contributed by atoms with Crippen molar-refractivity contribution in [1.82, 2.24) is 25.5 Å². The van der Waals surface area contributed by atoms with Crippen LogP contribution in [0.3, 0.4) is 0 Å². The molecule has 0 fully saturated rings. The van der Waals surface area contributed by atoms with E-state index < -0.39 is 6.04 Å². The maximum absolute atomic E-state index is 10.6. The minimum Gasteiger partial charge on any atom is -0.357 e. The van der Waals surface area contributed by atoms with Gasteiger partial charge in [0.1, 0.15) is 11.9 Å². The molecule has 3 rings (SSSR count). The van der Waals surface area contributed by atoms with Crippen molar-refractivity contribution >= 4 is 12.3 Å². The lowest BCUT2D eigenvalue weighted by atomic mass is 10.2. The van der Waals surface area contributed by atoms with E-state index in [0.29, 0.717) is 6.41 Å². The second-order valence-electron chi connectivity index (χ2n) is 5.78. The first-order valence-electron chi connectivity index (χ1n) is 8.32. The standard InChI is InChI=1S/C13H15N3.C5H10N2O2/c1-10-12-9-14-7-8-16(12)13(15-10)11-5-3-2-4-6-11;1-4(7-3-8)5(9)6-2/h2-6,14H,7-9H2,1H3;3-4H,1-2H3,(H,6,9)(H,7,8). The monoisotopic (exact) mass is 343 g/mol. The number of benzene rings is 1. The molecule has 1 unspecified atom stereocenters. The van der Waals surface area contributed by atoms with Gasteiger partial charge in [0.2, 0.25) is 12.3 Å². The van der Waals surface area contributed by atoms with Gasteiger partial charge in [-0.05, 0) is 13.8 Å². The Labute approximate surface area is 147 Å². The number of amides is 2. The smallest absolute Gasteiger partial charge is 0.242 e. The van der Waals surface area contributed by atoms with E-state index >= 15 is 0 Å². The molecule has 1 aromatic carbocycles. The molecule has 0 spiro atoms.